The normalized spacial score (nSPS) is 15.4. The first kappa shape index (κ1) is 15.5. The Morgan fingerprint density at radius 2 is 2.18 bits per heavy atom. The number of nitrogens with zero attached hydrogens (tertiary/aromatic N) is 2. The van der Waals surface area contributed by atoms with Gasteiger partial charge in [-0.25, -0.2) is 0 Å². The highest BCUT2D eigenvalue weighted by atomic mass is 32.1. The van der Waals surface area contributed by atoms with E-state index in [4.69, 9.17) is 4.98 Å². The summed E-state index contributed by atoms with van der Waals surface area (Å²) in [4.78, 5) is 8.90. The van der Waals surface area contributed by atoms with E-state index >= 15 is 0 Å². The van der Waals surface area contributed by atoms with Gasteiger partial charge < -0.3 is 10.2 Å². The number of aromatic nitrogens is 1. The van der Waals surface area contributed by atoms with Crippen LogP contribution < -0.4 is 10.2 Å². The molecule has 0 bridgehead atoms. The molecule has 0 radical (unpaired) electrons. The number of fused-ring (bicyclic) bond motifs is 1. The fraction of sp³-hybridized carbons (Fsp3) is 0.500. The van der Waals surface area contributed by atoms with Crippen LogP contribution in [0.3, 0.4) is 0 Å². The van der Waals surface area contributed by atoms with Gasteiger partial charge in [-0.3, -0.25) is 4.98 Å². The first-order valence-corrected chi connectivity index (χ1v) is 9.03. The Morgan fingerprint density at radius 1 is 1.32 bits per heavy atom. The van der Waals surface area contributed by atoms with Gasteiger partial charge in [0.15, 0.2) is 0 Å². The van der Waals surface area contributed by atoms with E-state index in [-0.39, 0.29) is 0 Å². The first-order chi connectivity index (χ1) is 10.7. The molecule has 0 unspecified atom stereocenters. The molecule has 1 N–H and O–H groups in total. The van der Waals surface area contributed by atoms with Crippen molar-refractivity contribution in [2.24, 2.45) is 0 Å². The summed E-state index contributed by atoms with van der Waals surface area (Å²) >= 11 is 1.86. The van der Waals surface area contributed by atoms with Crippen LogP contribution in [0.1, 0.15) is 48.5 Å². The molecule has 1 atom stereocenters. The quantitative estimate of drug-likeness (QED) is 0.874. The zero-order chi connectivity index (χ0) is 15.5. The second kappa shape index (κ2) is 6.80. The van der Waals surface area contributed by atoms with Crippen LogP contribution >= 0.6 is 11.3 Å². The van der Waals surface area contributed by atoms with E-state index < -0.39 is 0 Å². The van der Waals surface area contributed by atoms with Crippen molar-refractivity contribution in [2.45, 2.75) is 38.6 Å². The first-order valence-electron chi connectivity index (χ1n) is 8.15. The lowest BCUT2D eigenvalue weighted by Crippen LogP contribution is -2.28. The zero-order valence-electron chi connectivity index (χ0n) is 13.7. The van der Waals surface area contributed by atoms with Crippen molar-refractivity contribution in [1.29, 1.82) is 0 Å². The van der Waals surface area contributed by atoms with Crippen molar-refractivity contribution in [1.82, 2.24) is 10.3 Å². The summed E-state index contributed by atoms with van der Waals surface area (Å²) in [6.45, 7) is 6.54. The van der Waals surface area contributed by atoms with Crippen LogP contribution in [0.4, 0.5) is 5.69 Å². The number of nitrogens with one attached hydrogen (secondary N) is 1. The summed E-state index contributed by atoms with van der Waals surface area (Å²) in [7, 11) is 2.03. The summed E-state index contributed by atoms with van der Waals surface area (Å²) < 4.78 is 0. The van der Waals surface area contributed by atoms with Crippen molar-refractivity contribution in [2.75, 3.05) is 25.0 Å². The minimum atomic E-state index is 0.459. The number of anilines is 1. The molecule has 1 aliphatic heterocycles. The number of rotatable bonds is 6. The zero-order valence-corrected chi connectivity index (χ0v) is 14.5. The van der Waals surface area contributed by atoms with Crippen LogP contribution in [0.25, 0.3) is 0 Å². The van der Waals surface area contributed by atoms with Crippen LogP contribution in [0.2, 0.25) is 0 Å². The van der Waals surface area contributed by atoms with Gasteiger partial charge >= 0.3 is 0 Å². The molecule has 1 aliphatic rings. The maximum absolute atomic E-state index is 4.89. The van der Waals surface area contributed by atoms with Crippen LogP contribution in [-0.2, 0) is 6.42 Å². The topological polar surface area (TPSA) is 28.2 Å². The fourth-order valence-corrected chi connectivity index (χ4v) is 4.04. The van der Waals surface area contributed by atoms with Gasteiger partial charge in [-0.1, -0.05) is 19.9 Å². The average molecular weight is 315 g/mol. The van der Waals surface area contributed by atoms with Gasteiger partial charge in [-0.2, -0.15) is 0 Å². The van der Waals surface area contributed by atoms with Gasteiger partial charge in [0.25, 0.3) is 0 Å². The lowest BCUT2D eigenvalue weighted by molar-refractivity contribution is 0.576. The molecule has 0 fully saturated rings. The maximum atomic E-state index is 4.89. The summed E-state index contributed by atoms with van der Waals surface area (Å²) in [5, 5.41) is 5.47. The maximum Gasteiger partial charge on any atom is 0.0657 e. The molecule has 0 aliphatic carbocycles. The molecule has 0 saturated carbocycles. The average Bonchev–Trinajstić information content (AvgIpc) is 3.17. The molecule has 0 aromatic carbocycles. The molecule has 0 saturated heterocycles. The van der Waals surface area contributed by atoms with Crippen molar-refractivity contribution >= 4 is 17.0 Å². The molecule has 0 amide bonds. The third-order valence-corrected chi connectivity index (χ3v) is 5.35. The Bertz CT molecular complexity index is 607. The number of pyridine rings is 1. The molecule has 22 heavy (non-hydrogen) atoms. The molecule has 3 nitrogen and oxygen atoms in total. The molecule has 3 heterocycles. The van der Waals surface area contributed by atoms with Gasteiger partial charge in [-0.15, -0.1) is 11.3 Å². The van der Waals surface area contributed by atoms with Crippen molar-refractivity contribution in [3.63, 3.8) is 0 Å². The van der Waals surface area contributed by atoms with Crippen molar-refractivity contribution in [3.05, 3.63) is 45.9 Å². The lowest BCUT2D eigenvalue weighted by Gasteiger charge is -2.29. The predicted octanol–water partition coefficient (Wildman–Crippen LogP) is 3.98. The Balaban J connectivity index is 1.89. The van der Waals surface area contributed by atoms with Gasteiger partial charge in [0.1, 0.15) is 0 Å². The Labute approximate surface area is 137 Å². The highest BCUT2D eigenvalue weighted by molar-refractivity contribution is 7.10. The highest BCUT2D eigenvalue weighted by Gasteiger charge is 2.28. The van der Waals surface area contributed by atoms with Crippen LogP contribution in [-0.4, -0.2) is 25.1 Å². The number of hydrogen-bond donors (Lipinski definition) is 1. The van der Waals surface area contributed by atoms with Gasteiger partial charge in [0.05, 0.1) is 17.4 Å². The van der Waals surface area contributed by atoms with Crippen molar-refractivity contribution in [3.8, 4) is 0 Å². The second-order valence-electron chi connectivity index (χ2n) is 6.22. The summed E-state index contributed by atoms with van der Waals surface area (Å²) in [5.74, 6) is 0.497. The summed E-state index contributed by atoms with van der Waals surface area (Å²) in [6.07, 6.45) is 2.19. The molecule has 3 rings (SSSR count). The number of thiophene rings is 1. The van der Waals surface area contributed by atoms with Gasteiger partial charge in [-0.05, 0) is 49.5 Å². The minimum Gasteiger partial charge on any atom is -0.362 e. The number of hydrogen-bond acceptors (Lipinski definition) is 4. The third kappa shape index (κ3) is 3.03. The van der Waals surface area contributed by atoms with Crippen LogP contribution in [0, 0.1) is 0 Å². The van der Waals surface area contributed by atoms with E-state index in [0.29, 0.717) is 12.0 Å². The van der Waals surface area contributed by atoms with Gasteiger partial charge in [0.2, 0.25) is 0 Å². The Hall–Kier alpha value is -1.39. The van der Waals surface area contributed by atoms with Crippen LogP contribution in [0.15, 0.2) is 29.6 Å². The molecule has 4 heteroatoms. The Morgan fingerprint density at radius 3 is 2.86 bits per heavy atom. The van der Waals surface area contributed by atoms with E-state index in [0.717, 1.165) is 25.9 Å². The fourth-order valence-electron chi connectivity index (χ4n) is 3.16. The molecular weight excluding hydrogens is 290 g/mol. The smallest absolute Gasteiger partial charge is 0.0657 e. The largest absolute Gasteiger partial charge is 0.362 e. The molecule has 2 aromatic rings. The van der Waals surface area contributed by atoms with E-state index in [1.54, 1.807) is 0 Å². The summed E-state index contributed by atoms with van der Waals surface area (Å²) in [6, 6.07) is 9.36. The highest BCUT2D eigenvalue weighted by Crippen LogP contribution is 2.38. The summed E-state index contributed by atoms with van der Waals surface area (Å²) in [5.41, 5.74) is 3.82. The molecule has 0 spiro atoms. The molecule has 118 valence electrons. The second-order valence-corrected chi connectivity index (χ2v) is 7.20. The van der Waals surface area contributed by atoms with Crippen molar-refractivity contribution < 1.29 is 0 Å². The Kier molecular flexibility index (Phi) is 4.79. The molecule has 2 aromatic heterocycles. The standard InChI is InChI=1S/C18H25N3S/c1-13(2)14-6-7-16-15(20-14)9-11-21(16)17(8-10-19-3)18-5-4-12-22-18/h4-7,12-13,17,19H,8-11H2,1-3H3/t17-/m1/s1. The van der Waals surface area contributed by atoms with Crippen LogP contribution in [0.5, 0.6) is 0 Å². The third-order valence-electron chi connectivity index (χ3n) is 4.38. The van der Waals surface area contributed by atoms with Gasteiger partial charge in [0, 0.05) is 23.5 Å². The minimum absolute atomic E-state index is 0.459. The lowest BCUT2D eigenvalue weighted by atomic mass is 10.1. The van der Waals surface area contributed by atoms with E-state index in [2.05, 4.69) is 53.7 Å². The monoisotopic (exact) mass is 315 g/mol. The SMILES string of the molecule is CNCC[C@H](c1cccs1)N1CCc2nc(C(C)C)ccc21. The predicted molar refractivity (Wildman–Crippen MR) is 95.0 cm³/mol. The van der Waals surface area contributed by atoms with E-state index in [9.17, 15) is 0 Å². The van der Waals surface area contributed by atoms with E-state index in [1.165, 1.54) is 22.0 Å². The van der Waals surface area contributed by atoms with E-state index in [1.807, 2.05) is 18.4 Å². The molecular formula is C18H25N3S.